The highest BCUT2D eigenvalue weighted by atomic mass is 79.9. The zero-order chi connectivity index (χ0) is 18.1. The molecule has 3 aromatic rings. The van der Waals surface area contributed by atoms with E-state index < -0.39 is 5.91 Å². The van der Waals surface area contributed by atoms with E-state index in [0.717, 1.165) is 21.2 Å². The largest absolute Gasteiger partial charge is 0.366 e. The van der Waals surface area contributed by atoms with Crippen LogP contribution in [0.3, 0.4) is 0 Å². The van der Waals surface area contributed by atoms with Gasteiger partial charge in [-0.25, -0.2) is 4.98 Å². The number of nitrogens with two attached hydrogens (primary N) is 1. The fourth-order valence-corrected chi connectivity index (χ4v) is 3.48. The van der Waals surface area contributed by atoms with E-state index in [4.69, 9.17) is 5.73 Å². The SMILES string of the molecule is CCn1c(Br)cc2cc(C)nc(C(=O)Nc3cccc(C(N)=O)c3)c21. The van der Waals surface area contributed by atoms with Crippen molar-refractivity contribution in [3.8, 4) is 0 Å². The average Bonchev–Trinajstić information content (AvgIpc) is 2.88. The van der Waals surface area contributed by atoms with E-state index in [1.165, 1.54) is 0 Å². The number of aryl methyl sites for hydroxylation is 2. The van der Waals surface area contributed by atoms with Gasteiger partial charge in [-0.2, -0.15) is 0 Å². The molecular weight excluding hydrogens is 384 g/mol. The van der Waals surface area contributed by atoms with Gasteiger partial charge < -0.3 is 15.6 Å². The monoisotopic (exact) mass is 400 g/mol. The Balaban J connectivity index is 2.05. The minimum atomic E-state index is -0.545. The number of rotatable bonds is 4. The van der Waals surface area contributed by atoms with Gasteiger partial charge in [0.05, 0.1) is 10.1 Å². The number of amides is 2. The number of carbonyl (C=O) groups excluding carboxylic acids is 2. The molecule has 0 saturated carbocycles. The van der Waals surface area contributed by atoms with Crippen LogP contribution in [0.4, 0.5) is 5.69 Å². The maximum Gasteiger partial charge on any atom is 0.276 e. The average molecular weight is 401 g/mol. The normalized spacial score (nSPS) is 10.8. The number of aromatic nitrogens is 2. The van der Waals surface area contributed by atoms with Crippen LogP contribution in [0.5, 0.6) is 0 Å². The molecule has 2 aromatic heterocycles. The molecule has 0 fully saturated rings. The molecule has 0 aliphatic heterocycles. The Labute approximate surface area is 153 Å². The zero-order valence-corrected chi connectivity index (χ0v) is 15.4. The number of fused-ring (bicyclic) bond motifs is 1. The lowest BCUT2D eigenvalue weighted by Crippen LogP contribution is -2.17. The third-order valence-electron chi connectivity index (χ3n) is 3.89. The van der Waals surface area contributed by atoms with Gasteiger partial charge in [0.25, 0.3) is 5.91 Å². The molecule has 7 heteroatoms. The number of primary amides is 1. The van der Waals surface area contributed by atoms with E-state index in [2.05, 4.69) is 26.2 Å². The highest BCUT2D eigenvalue weighted by Gasteiger charge is 2.18. The quantitative estimate of drug-likeness (QED) is 0.702. The second kappa shape index (κ2) is 6.68. The van der Waals surface area contributed by atoms with Gasteiger partial charge in [-0.05, 0) is 60.1 Å². The van der Waals surface area contributed by atoms with Crippen molar-refractivity contribution in [2.75, 3.05) is 5.32 Å². The first-order chi connectivity index (χ1) is 11.9. The summed E-state index contributed by atoms with van der Waals surface area (Å²) in [5, 5.41) is 3.74. The third kappa shape index (κ3) is 3.28. The maximum absolute atomic E-state index is 12.8. The molecule has 0 spiro atoms. The Morgan fingerprint density at radius 3 is 2.72 bits per heavy atom. The van der Waals surface area contributed by atoms with Crippen LogP contribution in [0.15, 0.2) is 41.0 Å². The molecule has 2 amide bonds. The zero-order valence-electron chi connectivity index (χ0n) is 13.8. The van der Waals surface area contributed by atoms with E-state index in [-0.39, 0.29) is 5.91 Å². The molecule has 1 aromatic carbocycles. The molecule has 3 N–H and O–H groups in total. The molecule has 2 heterocycles. The summed E-state index contributed by atoms with van der Waals surface area (Å²) in [5.74, 6) is -0.883. The second-order valence-corrected chi connectivity index (χ2v) is 6.47. The first-order valence-corrected chi connectivity index (χ1v) is 8.57. The summed E-state index contributed by atoms with van der Waals surface area (Å²) in [6.07, 6.45) is 0. The van der Waals surface area contributed by atoms with Crippen LogP contribution < -0.4 is 11.1 Å². The number of hydrogen-bond donors (Lipinski definition) is 2. The topological polar surface area (TPSA) is 90.0 Å². The van der Waals surface area contributed by atoms with Crippen molar-refractivity contribution in [3.05, 3.63) is 58.0 Å². The van der Waals surface area contributed by atoms with Gasteiger partial charge in [-0.1, -0.05) is 6.07 Å². The Morgan fingerprint density at radius 2 is 2.04 bits per heavy atom. The number of hydrogen-bond acceptors (Lipinski definition) is 3. The number of pyridine rings is 1. The first kappa shape index (κ1) is 17.2. The van der Waals surface area contributed by atoms with Crippen molar-refractivity contribution in [2.24, 2.45) is 5.73 Å². The number of anilines is 1. The Bertz CT molecular complexity index is 994. The van der Waals surface area contributed by atoms with Crippen LogP contribution >= 0.6 is 15.9 Å². The van der Waals surface area contributed by atoms with Gasteiger partial charge in [0.2, 0.25) is 5.91 Å². The minimum Gasteiger partial charge on any atom is -0.366 e. The summed E-state index contributed by atoms with van der Waals surface area (Å²) in [6.45, 7) is 4.55. The Morgan fingerprint density at radius 1 is 1.28 bits per heavy atom. The molecule has 3 rings (SSSR count). The second-order valence-electron chi connectivity index (χ2n) is 5.66. The van der Waals surface area contributed by atoms with Crippen LogP contribution in [0.2, 0.25) is 0 Å². The predicted molar refractivity (Wildman–Crippen MR) is 101 cm³/mol. The van der Waals surface area contributed by atoms with E-state index in [1.807, 2.05) is 30.5 Å². The molecule has 0 atom stereocenters. The van der Waals surface area contributed by atoms with Crippen LogP contribution in [0, 0.1) is 6.92 Å². The van der Waals surface area contributed by atoms with Crippen LogP contribution in [-0.4, -0.2) is 21.4 Å². The van der Waals surface area contributed by atoms with E-state index in [1.54, 1.807) is 24.3 Å². The van der Waals surface area contributed by atoms with Gasteiger partial charge >= 0.3 is 0 Å². The maximum atomic E-state index is 12.8. The Kier molecular flexibility index (Phi) is 4.59. The van der Waals surface area contributed by atoms with Gasteiger partial charge in [-0.15, -0.1) is 0 Å². The lowest BCUT2D eigenvalue weighted by atomic mass is 10.1. The lowest BCUT2D eigenvalue weighted by Gasteiger charge is -2.10. The van der Waals surface area contributed by atoms with Gasteiger partial charge in [0.15, 0.2) is 5.69 Å². The fraction of sp³-hybridized carbons (Fsp3) is 0.167. The van der Waals surface area contributed by atoms with E-state index >= 15 is 0 Å². The Hall–Kier alpha value is -2.67. The number of nitrogens with one attached hydrogen (secondary N) is 1. The van der Waals surface area contributed by atoms with Crippen molar-refractivity contribution in [3.63, 3.8) is 0 Å². The molecule has 0 aliphatic rings. The van der Waals surface area contributed by atoms with Crippen LogP contribution in [-0.2, 0) is 6.54 Å². The van der Waals surface area contributed by atoms with Crippen molar-refractivity contribution in [1.29, 1.82) is 0 Å². The van der Waals surface area contributed by atoms with Crippen LogP contribution in [0.25, 0.3) is 10.9 Å². The lowest BCUT2D eigenvalue weighted by molar-refractivity contribution is 0.0995. The summed E-state index contributed by atoms with van der Waals surface area (Å²) < 4.78 is 2.87. The van der Waals surface area contributed by atoms with Crippen LogP contribution in [0.1, 0.15) is 33.5 Å². The number of nitrogens with zero attached hydrogens (tertiary/aromatic N) is 2. The standard InChI is InChI=1S/C18H17BrN4O2/c1-3-23-14(19)9-12-7-10(2)21-15(16(12)23)18(25)22-13-6-4-5-11(8-13)17(20)24/h4-9H,3H2,1-2H3,(H2,20,24)(H,22,25). The van der Waals surface area contributed by atoms with Crippen molar-refractivity contribution in [2.45, 2.75) is 20.4 Å². The smallest absolute Gasteiger partial charge is 0.276 e. The van der Waals surface area contributed by atoms with Crippen molar-refractivity contribution >= 4 is 44.3 Å². The molecular formula is C18H17BrN4O2. The first-order valence-electron chi connectivity index (χ1n) is 7.78. The molecule has 0 aliphatic carbocycles. The molecule has 128 valence electrons. The van der Waals surface area contributed by atoms with E-state index in [9.17, 15) is 9.59 Å². The summed E-state index contributed by atoms with van der Waals surface area (Å²) >= 11 is 3.52. The highest BCUT2D eigenvalue weighted by Crippen LogP contribution is 2.27. The molecule has 25 heavy (non-hydrogen) atoms. The molecule has 0 radical (unpaired) electrons. The van der Waals surface area contributed by atoms with Gasteiger partial charge in [0.1, 0.15) is 0 Å². The van der Waals surface area contributed by atoms with Gasteiger partial charge in [0, 0.05) is 28.9 Å². The molecule has 0 saturated heterocycles. The molecule has 0 unspecified atom stereocenters. The summed E-state index contributed by atoms with van der Waals surface area (Å²) in [6, 6.07) is 10.4. The third-order valence-corrected chi connectivity index (χ3v) is 4.55. The number of carbonyl (C=O) groups is 2. The van der Waals surface area contributed by atoms with Gasteiger partial charge in [-0.3, -0.25) is 9.59 Å². The molecule has 0 bridgehead atoms. The highest BCUT2D eigenvalue weighted by molar-refractivity contribution is 9.10. The van der Waals surface area contributed by atoms with Crippen molar-refractivity contribution < 1.29 is 9.59 Å². The summed E-state index contributed by atoms with van der Waals surface area (Å²) in [4.78, 5) is 28.6. The number of halogens is 1. The molecule has 6 nitrogen and oxygen atoms in total. The summed E-state index contributed by atoms with van der Waals surface area (Å²) in [5.41, 5.74) is 7.97. The van der Waals surface area contributed by atoms with E-state index in [0.29, 0.717) is 23.5 Å². The predicted octanol–water partition coefficient (Wildman–Crippen LogP) is 3.48. The van der Waals surface area contributed by atoms with Crippen molar-refractivity contribution in [1.82, 2.24) is 9.55 Å². The minimum absolute atomic E-state index is 0.333. The fourth-order valence-electron chi connectivity index (χ4n) is 2.81. The number of benzene rings is 1. The summed E-state index contributed by atoms with van der Waals surface area (Å²) in [7, 11) is 0.